The molecule has 4 aromatic heterocycles. The van der Waals surface area contributed by atoms with E-state index in [1.165, 1.54) is 13.2 Å². The van der Waals surface area contributed by atoms with Crippen molar-refractivity contribution in [3.63, 3.8) is 0 Å². The summed E-state index contributed by atoms with van der Waals surface area (Å²) >= 11 is 0. The molecule has 0 radical (unpaired) electrons. The topological polar surface area (TPSA) is 115 Å². The fourth-order valence-electron chi connectivity index (χ4n) is 3.93. The quantitative estimate of drug-likeness (QED) is 0.457. The van der Waals surface area contributed by atoms with E-state index in [-0.39, 0.29) is 23.5 Å². The van der Waals surface area contributed by atoms with Gasteiger partial charge in [-0.05, 0) is 24.6 Å². The van der Waals surface area contributed by atoms with E-state index in [2.05, 4.69) is 30.5 Å². The SMILES string of the molecule is CN1CCC(c2cc(-c3cccc(-c4ccnc(Nc5cnn(C)c5C(F)(F)F)n4)n3)no2)C1=O. The number of hydrogen-bond donors (Lipinski definition) is 1. The van der Waals surface area contributed by atoms with Gasteiger partial charge in [0.25, 0.3) is 0 Å². The van der Waals surface area contributed by atoms with Gasteiger partial charge in [0.15, 0.2) is 5.69 Å². The molecule has 0 aromatic carbocycles. The fourth-order valence-corrected chi connectivity index (χ4v) is 3.93. The number of pyridine rings is 1. The Balaban J connectivity index is 1.40. The highest BCUT2D eigenvalue weighted by Crippen LogP contribution is 2.35. The zero-order chi connectivity index (χ0) is 24.7. The Morgan fingerprint density at radius 2 is 1.83 bits per heavy atom. The van der Waals surface area contributed by atoms with Gasteiger partial charge < -0.3 is 14.7 Å². The molecule has 1 fully saturated rings. The van der Waals surface area contributed by atoms with Crippen LogP contribution < -0.4 is 5.32 Å². The van der Waals surface area contributed by atoms with Crippen LogP contribution in [-0.4, -0.2) is 54.3 Å². The van der Waals surface area contributed by atoms with Crippen LogP contribution in [0.4, 0.5) is 24.8 Å². The Hall–Kier alpha value is -4.29. The van der Waals surface area contributed by atoms with Gasteiger partial charge in [-0.3, -0.25) is 9.48 Å². The zero-order valence-corrected chi connectivity index (χ0v) is 18.6. The number of nitrogens with zero attached hydrogens (tertiary/aromatic N) is 7. The monoisotopic (exact) mass is 484 g/mol. The summed E-state index contributed by atoms with van der Waals surface area (Å²) in [5.41, 5.74) is 0.592. The van der Waals surface area contributed by atoms with Crippen molar-refractivity contribution in [2.45, 2.75) is 18.5 Å². The molecule has 0 spiro atoms. The van der Waals surface area contributed by atoms with Gasteiger partial charge in [0.1, 0.15) is 17.4 Å². The summed E-state index contributed by atoms with van der Waals surface area (Å²) in [5.74, 6) is 0.0551. The third-order valence-electron chi connectivity index (χ3n) is 5.68. The maximum absolute atomic E-state index is 13.3. The van der Waals surface area contributed by atoms with E-state index in [1.54, 1.807) is 42.3 Å². The van der Waals surface area contributed by atoms with Gasteiger partial charge in [-0.25, -0.2) is 15.0 Å². The Labute approximate surface area is 196 Å². The van der Waals surface area contributed by atoms with E-state index < -0.39 is 11.9 Å². The smallest absolute Gasteiger partial charge is 0.360 e. The molecule has 1 aliphatic heterocycles. The lowest BCUT2D eigenvalue weighted by molar-refractivity contribution is -0.143. The highest BCUT2D eigenvalue weighted by atomic mass is 19.4. The molecule has 1 aliphatic rings. The molecule has 0 bridgehead atoms. The normalized spacial score (nSPS) is 16.2. The number of nitrogens with one attached hydrogen (secondary N) is 1. The van der Waals surface area contributed by atoms with Crippen molar-refractivity contribution >= 4 is 17.5 Å². The highest BCUT2D eigenvalue weighted by Gasteiger charge is 2.38. The van der Waals surface area contributed by atoms with Crippen LogP contribution in [0.25, 0.3) is 22.8 Å². The molecule has 0 aliphatic carbocycles. The van der Waals surface area contributed by atoms with Crippen LogP contribution in [-0.2, 0) is 18.0 Å². The van der Waals surface area contributed by atoms with Gasteiger partial charge in [0.2, 0.25) is 11.9 Å². The first-order valence-corrected chi connectivity index (χ1v) is 10.6. The molecule has 35 heavy (non-hydrogen) atoms. The van der Waals surface area contributed by atoms with Crippen molar-refractivity contribution in [1.29, 1.82) is 0 Å². The number of aryl methyl sites for hydroxylation is 1. The van der Waals surface area contributed by atoms with Crippen molar-refractivity contribution in [3.8, 4) is 22.8 Å². The average molecular weight is 484 g/mol. The van der Waals surface area contributed by atoms with Gasteiger partial charge >= 0.3 is 6.18 Å². The van der Waals surface area contributed by atoms with Crippen molar-refractivity contribution in [1.82, 2.24) is 34.8 Å². The first kappa shape index (κ1) is 22.5. The first-order chi connectivity index (χ1) is 16.7. The van der Waals surface area contributed by atoms with Crippen LogP contribution in [0.3, 0.4) is 0 Å². The predicted molar refractivity (Wildman–Crippen MR) is 117 cm³/mol. The summed E-state index contributed by atoms with van der Waals surface area (Å²) in [7, 11) is 2.95. The average Bonchev–Trinajstić information content (AvgIpc) is 3.54. The van der Waals surface area contributed by atoms with Gasteiger partial charge in [0, 0.05) is 32.9 Å². The largest absolute Gasteiger partial charge is 0.435 e. The number of alkyl halides is 3. The molecule has 4 aromatic rings. The molecule has 1 atom stereocenters. The summed E-state index contributed by atoms with van der Waals surface area (Å²) in [6, 6.07) is 8.48. The Kier molecular flexibility index (Phi) is 5.46. The third-order valence-corrected chi connectivity index (χ3v) is 5.68. The predicted octanol–water partition coefficient (Wildman–Crippen LogP) is 3.64. The fraction of sp³-hybridized carbons (Fsp3) is 0.273. The van der Waals surface area contributed by atoms with Crippen LogP contribution in [0, 0.1) is 0 Å². The molecule has 0 saturated carbocycles. The van der Waals surface area contributed by atoms with Crippen molar-refractivity contribution in [2.75, 3.05) is 18.9 Å². The minimum atomic E-state index is -4.60. The van der Waals surface area contributed by atoms with E-state index in [0.29, 0.717) is 41.5 Å². The zero-order valence-electron chi connectivity index (χ0n) is 18.6. The standard InChI is InChI=1S/C22H19F3N8O2/c1-32-9-7-12(20(32)34)18-10-16(31-35-18)14-5-3-4-13(28-14)15-6-8-26-21(29-15)30-17-11-27-33(2)19(17)22(23,24)25/h3-6,8,10-12H,7,9H2,1-2H3,(H,26,29,30). The number of likely N-dealkylation sites (tertiary alicyclic amines) is 1. The number of anilines is 2. The molecule has 180 valence electrons. The number of carbonyl (C=O) groups excluding carboxylic acids is 1. The number of aromatic nitrogens is 6. The lowest BCUT2D eigenvalue weighted by atomic mass is 10.0. The Bertz CT molecular complexity index is 1400. The number of halogens is 3. The molecule has 5 heterocycles. The molecule has 5 rings (SSSR count). The molecule has 1 N–H and O–H groups in total. The van der Waals surface area contributed by atoms with E-state index in [1.807, 2.05) is 0 Å². The van der Waals surface area contributed by atoms with Crippen molar-refractivity contribution in [2.24, 2.45) is 7.05 Å². The number of likely N-dealkylation sites (N-methyl/N-ethyl adjacent to an activating group) is 1. The van der Waals surface area contributed by atoms with E-state index in [9.17, 15) is 18.0 Å². The maximum Gasteiger partial charge on any atom is 0.435 e. The van der Waals surface area contributed by atoms with Crippen molar-refractivity contribution < 1.29 is 22.5 Å². The highest BCUT2D eigenvalue weighted by molar-refractivity contribution is 5.85. The first-order valence-electron chi connectivity index (χ1n) is 10.6. The molecule has 1 unspecified atom stereocenters. The summed E-state index contributed by atoms with van der Waals surface area (Å²) in [6.45, 7) is 0.654. The van der Waals surface area contributed by atoms with Crippen LogP contribution in [0.1, 0.15) is 23.8 Å². The minimum Gasteiger partial charge on any atom is -0.360 e. The molecular formula is C22H19F3N8O2. The molecule has 1 saturated heterocycles. The molecule has 1 amide bonds. The number of rotatable bonds is 5. The van der Waals surface area contributed by atoms with Crippen LogP contribution in [0.2, 0.25) is 0 Å². The van der Waals surface area contributed by atoms with Gasteiger partial charge in [-0.1, -0.05) is 11.2 Å². The van der Waals surface area contributed by atoms with E-state index in [4.69, 9.17) is 4.52 Å². The second-order valence-corrected chi connectivity index (χ2v) is 8.04. The summed E-state index contributed by atoms with van der Waals surface area (Å²) in [4.78, 5) is 26.8. The van der Waals surface area contributed by atoms with Crippen LogP contribution in [0.5, 0.6) is 0 Å². The summed E-state index contributed by atoms with van der Waals surface area (Å²) in [6.07, 6.45) is -1.47. The summed E-state index contributed by atoms with van der Waals surface area (Å²) < 4.78 is 46.2. The van der Waals surface area contributed by atoms with Gasteiger partial charge in [0.05, 0.1) is 29.0 Å². The second-order valence-electron chi connectivity index (χ2n) is 8.04. The molecule has 13 heteroatoms. The van der Waals surface area contributed by atoms with Crippen LogP contribution in [0.15, 0.2) is 47.2 Å². The van der Waals surface area contributed by atoms with Gasteiger partial charge in [-0.2, -0.15) is 18.3 Å². The Morgan fingerprint density at radius 3 is 2.54 bits per heavy atom. The molecule has 10 nitrogen and oxygen atoms in total. The lowest BCUT2D eigenvalue weighted by Crippen LogP contribution is -2.21. The number of hydrogen-bond acceptors (Lipinski definition) is 8. The maximum atomic E-state index is 13.3. The van der Waals surface area contributed by atoms with E-state index in [0.717, 1.165) is 10.9 Å². The minimum absolute atomic E-state index is 0.0160. The lowest BCUT2D eigenvalue weighted by Gasteiger charge is -2.11. The van der Waals surface area contributed by atoms with Crippen molar-refractivity contribution in [3.05, 3.63) is 54.2 Å². The van der Waals surface area contributed by atoms with Gasteiger partial charge in [-0.15, -0.1) is 0 Å². The molecular weight excluding hydrogens is 465 g/mol. The third kappa shape index (κ3) is 4.32. The number of carbonyl (C=O) groups is 1. The Morgan fingerprint density at radius 1 is 1.09 bits per heavy atom. The summed E-state index contributed by atoms with van der Waals surface area (Å²) in [5, 5.41) is 10.3. The number of amides is 1. The van der Waals surface area contributed by atoms with Crippen LogP contribution >= 0.6 is 0 Å². The van der Waals surface area contributed by atoms with E-state index >= 15 is 0 Å². The second kappa shape index (κ2) is 8.49.